The first-order valence-electron chi connectivity index (χ1n) is 8.03. The summed E-state index contributed by atoms with van der Waals surface area (Å²) in [7, 11) is 4.17. The van der Waals surface area contributed by atoms with Crippen LogP contribution in [0, 0.1) is 5.82 Å². The molecule has 118 valence electrons. The number of halogens is 1. The third kappa shape index (κ3) is 4.17. The number of rotatable bonds is 7. The summed E-state index contributed by atoms with van der Waals surface area (Å²) in [6, 6.07) is 5.87. The number of para-hydroxylation sites is 1. The van der Waals surface area contributed by atoms with E-state index in [1.807, 2.05) is 12.1 Å². The van der Waals surface area contributed by atoms with Crippen LogP contribution in [0.4, 0.5) is 10.1 Å². The fraction of sp³-hybridized carbons (Fsp3) is 0.647. The second-order valence-electron chi connectivity index (χ2n) is 6.18. The van der Waals surface area contributed by atoms with Crippen LogP contribution in [0.3, 0.4) is 0 Å². The van der Waals surface area contributed by atoms with E-state index in [1.54, 1.807) is 6.07 Å². The Labute approximate surface area is 128 Å². The van der Waals surface area contributed by atoms with Crippen LogP contribution in [0.25, 0.3) is 0 Å². The van der Waals surface area contributed by atoms with Crippen molar-refractivity contribution >= 4 is 5.69 Å². The van der Waals surface area contributed by atoms with Crippen molar-refractivity contribution in [2.75, 3.05) is 38.6 Å². The molecule has 0 amide bonds. The topological polar surface area (TPSA) is 18.5 Å². The van der Waals surface area contributed by atoms with Crippen molar-refractivity contribution in [2.45, 2.75) is 38.8 Å². The fourth-order valence-corrected chi connectivity index (χ4v) is 3.17. The van der Waals surface area contributed by atoms with Gasteiger partial charge in [-0.25, -0.2) is 4.39 Å². The van der Waals surface area contributed by atoms with Gasteiger partial charge in [0.05, 0.1) is 5.69 Å². The fourth-order valence-electron chi connectivity index (χ4n) is 3.17. The van der Waals surface area contributed by atoms with Crippen molar-refractivity contribution in [3.8, 4) is 0 Å². The van der Waals surface area contributed by atoms with Gasteiger partial charge in [0.15, 0.2) is 0 Å². The summed E-state index contributed by atoms with van der Waals surface area (Å²) in [6.45, 7) is 5.80. The van der Waals surface area contributed by atoms with Gasteiger partial charge >= 0.3 is 0 Å². The molecule has 1 aliphatic rings. The van der Waals surface area contributed by atoms with Crippen LogP contribution < -0.4 is 10.2 Å². The van der Waals surface area contributed by atoms with Gasteiger partial charge in [0.2, 0.25) is 0 Å². The maximum absolute atomic E-state index is 14.4. The minimum Gasteiger partial charge on any atom is -0.365 e. The number of anilines is 1. The third-order valence-electron chi connectivity index (χ3n) is 4.05. The number of hydrogen-bond donors (Lipinski definition) is 1. The van der Waals surface area contributed by atoms with Gasteiger partial charge in [-0.05, 0) is 51.5 Å². The minimum absolute atomic E-state index is 0.0866. The number of likely N-dealkylation sites (N-methyl/N-ethyl adjacent to an activating group) is 1. The molecule has 1 N–H and O–H groups in total. The quantitative estimate of drug-likeness (QED) is 0.780. The molecule has 2 rings (SSSR count). The molecule has 0 aromatic heterocycles. The minimum atomic E-state index is -0.0866. The Balaban J connectivity index is 2.20. The van der Waals surface area contributed by atoms with E-state index in [9.17, 15) is 4.39 Å². The molecule has 1 atom stereocenters. The van der Waals surface area contributed by atoms with Crippen LogP contribution in [0.15, 0.2) is 18.2 Å². The number of benzene rings is 1. The van der Waals surface area contributed by atoms with E-state index in [4.69, 9.17) is 0 Å². The smallest absolute Gasteiger partial charge is 0.146 e. The van der Waals surface area contributed by atoms with Gasteiger partial charge in [-0.15, -0.1) is 0 Å². The zero-order valence-corrected chi connectivity index (χ0v) is 13.5. The van der Waals surface area contributed by atoms with Crippen molar-refractivity contribution in [1.82, 2.24) is 10.2 Å². The Morgan fingerprint density at radius 1 is 1.38 bits per heavy atom. The van der Waals surface area contributed by atoms with Crippen molar-refractivity contribution in [2.24, 2.45) is 0 Å². The third-order valence-corrected chi connectivity index (χ3v) is 4.05. The molecule has 1 saturated heterocycles. The van der Waals surface area contributed by atoms with Gasteiger partial charge in [-0.1, -0.05) is 19.1 Å². The lowest BCUT2D eigenvalue weighted by atomic mass is 10.1. The molecular formula is C17H28FN3. The lowest BCUT2D eigenvalue weighted by Gasteiger charge is -2.31. The molecule has 0 saturated carbocycles. The summed E-state index contributed by atoms with van der Waals surface area (Å²) < 4.78 is 14.4. The monoisotopic (exact) mass is 293 g/mol. The van der Waals surface area contributed by atoms with Crippen LogP contribution in [0.1, 0.15) is 31.7 Å². The Kier molecular flexibility index (Phi) is 6.00. The van der Waals surface area contributed by atoms with E-state index in [2.05, 4.69) is 36.1 Å². The number of nitrogens with zero attached hydrogens (tertiary/aromatic N) is 2. The SMILES string of the molecule is CCCNCc1cccc(F)c1N1CCCC1CN(C)C. The molecule has 1 fully saturated rings. The van der Waals surface area contributed by atoms with Gasteiger partial charge in [0.1, 0.15) is 5.82 Å². The van der Waals surface area contributed by atoms with Gasteiger partial charge in [-0.2, -0.15) is 0 Å². The summed E-state index contributed by atoms with van der Waals surface area (Å²) in [5, 5.41) is 3.39. The second kappa shape index (κ2) is 7.76. The molecular weight excluding hydrogens is 265 g/mol. The zero-order valence-electron chi connectivity index (χ0n) is 13.5. The molecule has 1 aliphatic heterocycles. The predicted molar refractivity (Wildman–Crippen MR) is 87.3 cm³/mol. The van der Waals surface area contributed by atoms with Crippen LogP contribution >= 0.6 is 0 Å². The van der Waals surface area contributed by atoms with E-state index < -0.39 is 0 Å². The van der Waals surface area contributed by atoms with Crippen LogP contribution in [0.5, 0.6) is 0 Å². The first kappa shape index (κ1) is 16.2. The van der Waals surface area contributed by atoms with E-state index in [0.717, 1.165) is 56.7 Å². The predicted octanol–water partition coefficient (Wildman–Crippen LogP) is 2.86. The van der Waals surface area contributed by atoms with Crippen molar-refractivity contribution in [3.63, 3.8) is 0 Å². The Morgan fingerprint density at radius 2 is 2.19 bits per heavy atom. The lowest BCUT2D eigenvalue weighted by molar-refractivity contribution is 0.371. The molecule has 1 heterocycles. The second-order valence-corrected chi connectivity index (χ2v) is 6.18. The van der Waals surface area contributed by atoms with Gasteiger partial charge in [-0.3, -0.25) is 0 Å². The molecule has 1 aromatic carbocycles. The first-order valence-corrected chi connectivity index (χ1v) is 8.03. The average Bonchev–Trinajstić information content (AvgIpc) is 2.86. The van der Waals surface area contributed by atoms with Gasteiger partial charge < -0.3 is 15.1 Å². The highest BCUT2D eigenvalue weighted by atomic mass is 19.1. The average molecular weight is 293 g/mol. The molecule has 1 unspecified atom stereocenters. The molecule has 4 heteroatoms. The standard InChI is InChI=1S/C17H28FN3/c1-4-10-19-12-14-7-5-9-16(18)17(14)21-11-6-8-15(21)13-20(2)3/h5,7,9,15,19H,4,6,8,10-13H2,1-3H3. The van der Waals surface area contributed by atoms with Crippen LogP contribution in [-0.2, 0) is 6.54 Å². The summed E-state index contributed by atoms with van der Waals surface area (Å²) in [5.74, 6) is -0.0866. The zero-order chi connectivity index (χ0) is 15.2. The largest absolute Gasteiger partial charge is 0.365 e. The van der Waals surface area contributed by atoms with Crippen molar-refractivity contribution in [3.05, 3.63) is 29.6 Å². The summed E-state index contributed by atoms with van der Waals surface area (Å²) in [5.41, 5.74) is 1.89. The van der Waals surface area contributed by atoms with E-state index >= 15 is 0 Å². The normalized spacial score (nSPS) is 18.7. The molecule has 21 heavy (non-hydrogen) atoms. The maximum Gasteiger partial charge on any atom is 0.146 e. The van der Waals surface area contributed by atoms with E-state index in [0.29, 0.717) is 6.04 Å². The van der Waals surface area contributed by atoms with Crippen molar-refractivity contribution < 1.29 is 4.39 Å². The Bertz CT molecular complexity index is 448. The first-order chi connectivity index (χ1) is 10.1. The molecule has 1 aromatic rings. The van der Waals surface area contributed by atoms with Gasteiger partial charge in [0, 0.05) is 25.7 Å². The highest BCUT2D eigenvalue weighted by molar-refractivity contribution is 5.56. The summed E-state index contributed by atoms with van der Waals surface area (Å²) in [4.78, 5) is 4.47. The maximum atomic E-state index is 14.4. The van der Waals surface area contributed by atoms with Crippen LogP contribution in [0.2, 0.25) is 0 Å². The molecule has 0 bridgehead atoms. The number of nitrogens with one attached hydrogen (secondary N) is 1. The summed E-state index contributed by atoms with van der Waals surface area (Å²) >= 11 is 0. The molecule has 0 aliphatic carbocycles. The van der Waals surface area contributed by atoms with Crippen LogP contribution in [-0.4, -0.2) is 44.7 Å². The molecule has 0 spiro atoms. The Morgan fingerprint density at radius 3 is 2.90 bits per heavy atom. The Hall–Kier alpha value is -1.13. The molecule has 3 nitrogen and oxygen atoms in total. The molecule has 0 radical (unpaired) electrons. The lowest BCUT2D eigenvalue weighted by Crippen LogP contribution is -2.38. The highest BCUT2D eigenvalue weighted by Gasteiger charge is 2.28. The van der Waals surface area contributed by atoms with E-state index in [1.165, 1.54) is 0 Å². The van der Waals surface area contributed by atoms with Gasteiger partial charge in [0.25, 0.3) is 0 Å². The number of hydrogen-bond acceptors (Lipinski definition) is 3. The highest BCUT2D eigenvalue weighted by Crippen LogP contribution is 2.31. The summed E-state index contributed by atoms with van der Waals surface area (Å²) in [6.07, 6.45) is 3.39. The van der Waals surface area contributed by atoms with E-state index in [-0.39, 0.29) is 5.82 Å². The van der Waals surface area contributed by atoms with Crippen molar-refractivity contribution in [1.29, 1.82) is 0 Å².